The number of rotatable bonds is 8. The molecule has 0 aliphatic heterocycles. The molecule has 0 heterocycles. The lowest BCUT2D eigenvalue weighted by Crippen LogP contribution is -2.40. The van der Waals surface area contributed by atoms with Crippen LogP contribution in [-0.4, -0.2) is 67.4 Å². The van der Waals surface area contributed by atoms with Gasteiger partial charge in [-0.3, -0.25) is 0 Å². The molecule has 0 amide bonds. The van der Waals surface area contributed by atoms with E-state index in [9.17, 15) is 5.11 Å². The Morgan fingerprint density at radius 3 is 1.82 bits per heavy atom. The van der Waals surface area contributed by atoms with Gasteiger partial charge in [-0.05, 0) is 25.7 Å². The van der Waals surface area contributed by atoms with E-state index in [1.165, 1.54) is 0 Å². The SMILES string of the molecule is CCO[SiH2]O.NC(O)C(O)C(CCO)CCO. The molecule has 7 N–H and O–H groups in total. The fraction of sp³-hybridized carbons (Fsp3) is 1.00. The molecule has 0 spiro atoms. The summed E-state index contributed by atoms with van der Waals surface area (Å²) in [7, 11) is -1.09. The zero-order chi connectivity index (χ0) is 13.7. The number of aliphatic hydroxyl groups excluding tert-OH is 4. The largest absolute Gasteiger partial charge is 0.415 e. The van der Waals surface area contributed by atoms with Crippen molar-refractivity contribution in [3.8, 4) is 0 Å². The monoisotopic (exact) mass is 271 g/mol. The fourth-order valence-electron chi connectivity index (χ4n) is 1.19. The van der Waals surface area contributed by atoms with Gasteiger partial charge in [0.05, 0.1) is 6.10 Å². The Morgan fingerprint density at radius 1 is 1.18 bits per heavy atom. The summed E-state index contributed by atoms with van der Waals surface area (Å²) in [6.07, 6.45) is -1.73. The molecule has 0 radical (unpaired) electrons. The van der Waals surface area contributed by atoms with E-state index in [2.05, 4.69) is 4.43 Å². The second-order valence-corrected chi connectivity index (χ2v) is 4.05. The third kappa shape index (κ3) is 12.2. The summed E-state index contributed by atoms with van der Waals surface area (Å²) in [6, 6.07) is 0. The van der Waals surface area contributed by atoms with Gasteiger partial charge in [0.15, 0.2) is 0 Å². The van der Waals surface area contributed by atoms with Crippen LogP contribution in [0.3, 0.4) is 0 Å². The summed E-state index contributed by atoms with van der Waals surface area (Å²) in [4.78, 5) is 7.98. The Labute approximate surface area is 104 Å². The molecule has 0 rings (SSSR count). The average molecular weight is 271 g/mol. The van der Waals surface area contributed by atoms with Crippen LogP contribution in [0.4, 0.5) is 0 Å². The number of nitrogens with two attached hydrogens (primary N) is 1. The van der Waals surface area contributed by atoms with Crippen molar-refractivity contribution in [2.45, 2.75) is 32.1 Å². The van der Waals surface area contributed by atoms with Gasteiger partial charge in [0, 0.05) is 19.8 Å². The van der Waals surface area contributed by atoms with Gasteiger partial charge in [-0.25, -0.2) is 0 Å². The van der Waals surface area contributed by atoms with Crippen molar-refractivity contribution >= 4 is 10.0 Å². The van der Waals surface area contributed by atoms with E-state index in [1.54, 1.807) is 0 Å². The fourth-order valence-corrected chi connectivity index (χ4v) is 1.37. The Morgan fingerprint density at radius 2 is 1.65 bits per heavy atom. The third-order valence-corrected chi connectivity index (χ3v) is 2.72. The van der Waals surface area contributed by atoms with Crippen molar-refractivity contribution in [1.29, 1.82) is 0 Å². The Kier molecular flexibility index (Phi) is 15.9. The summed E-state index contributed by atoms with van der Waals surface area (Å²) in [5.74, 6) is -0.347. The second kappa shape index (κ2) is 14.0. The van der Waals surface area contributed by atoms with Crippen LogP contribution >= 0.6 is 0 Å². The maximum Gasteiger partial charge on any atom is 0.301 e. The molecule has 7 nitrogen and oxygen atoms in total. The molecule has 0 aliphatic carbocycles. The molecule has 0 aliphatic rings. The van der Waals surface area contributed by atoms with Crippen molar-refractivity contribution in [1.82, 2.24) is 0 Å². The number of aliphatic hydroxyl groups is 4. The van der Waals surface area contributed by atoms with Crippen LogP contribution in [0.1, 0.15) is 19.8 Å². The maximum atomic E-state index is 9.25. The van der Waals surface area contributed by atoms with Gasteiger partial charge in [0.2, 0.25) is 0 Å². The van der Waals surface area contributed by atoms with E-state index >= 15 is 0 Å². The predicted molar refractivity (Wildman–Crippen MR) is 65.5 cm³/mol. The van der Waals surface area contributed by atoms with Crippen LogP contribution in [0.25, 0.3) is 0 Å². The molecule has 0 bridgehead atoms. The Balaban J connectivity index is 0. The van der Waals surface area contributed by atoms with E-state index < -0.39 is 22.3 Å². The Bertz CT molecular complexity index is 143. The molecule has 8 heteroatoms. The topological polar surface area (TPSA) is 136 Å². The lowest BCUT2D eigenvalue weighted by molar-refractivity contribution is -0.0259. The van der Waals surface area contributed by atoms with Crippen molar-refractivity contribution in [2.24, 2.45) is 11.7 Å². The van der Waals surface area contributed by atoms with Gasteiger partial charge in [-0.2, -0.15) is 0 Å². The first-order chi connectivity index (χ1) is 8.04. The summed E-state index contributed by atoms with van der Waals surface area (Å²) in [6.45, 7) is 2.34. The molecule has 17 heavy (non-hydrogen) atoms. The smallest absolute Gasteiger partial charge is 0.301 e. The minimum atomic E-state index is -1.31. The normalized spacial score (nSPS) is 14.8. The molecule has 2 unspecified atom stereocenters. The van der Waals surface area contributed by atoms with Crippen LogP contribution in [0.2, 0.25) is 0 Å². The average Bonchev–Trinajstić information content (AvgIpc) is 2.29. The Hall–Kier alpha value is -0.0631. The highest BCUT2D eigenvalue weighted by Crippen LogP contribution is 2.14. The van der Waals surface area contributed by atoms with Gasteiger partial charge in [-0.1, -0.05) is 0 Å². The van der Waals surface area contributed by atoms with Gasteiger partial charge < -0.3 is 35.4 Å². The molecule has 106 valence electrons. The first-order valence-electron chi connectivity index (χ1n) is 5.57. The van der Waals surface area contributed by atoms with Crippen LogP contribution in [-0.2, 0) is 4.43 Å². The highest BCUT2D eigenvalue weighted by atomic mass is 28.2. The minimum absolute atomic E-state index is 0.0888. The van der Waals surface area contributed by atoms with Crippen molar-refractivity contribution < 1.29 is 29.6 Å². The van der Waals surface area contributed by atoms with E-state index in [1.807, 2.05) is 6.92 Å². The van der Waals surface area contributed by atoms with Gasteiger partial charge >= 0.3 is 10.0 Å². The second-order valence-electron chi connectivity index (χ2n) is 3.39. The minimum Gasteiger partial charge on any atom is -0.415 e. The number of hydrogen-bond acceptors (Lipinski definition) is 7. The lowest BCUT2D eigenvalue weighted by atomic mass is 9.94. The summed E-state index contributed by atoms with van der Waals surface area (Å²) < 4.78 is 4.53. The molecule has 0 fully saturated rings. The van der Waals surface area contributed by atoms with Crippen LogP contribution in [0.15, 0.2) is 0 Å². The van der Waals surface area contributed by atoms with Gasteiger partial charge in [0.1, 0.15) is 6.23 Å². The molecule has 0 aromatic rings. The maximum absolute atomic E-state index is 9.25. The summed E-state index contributed by atoms with van der Waals surface area (Å²) in [5.41, 5.74) is 5.04. The molecule has 0 saturated heterocycles. The number of hydrogen-bond donors (Lipinski definition) is 6. The van der Waals surface area contributed by atoms with Gasteiger partial charge in [-0.15, -0.1) is 0 Å². The zero-order valence-electron chi connectivity index (χ0n) is 10.2. The van der Waals surface area contributed by atoms with Crippen molar-refractivity contribution in [3.63, 3.8) is 0 Å². The first kappa shape index (κ1) is 19.3. The predicted octanol–water partition coefficient (Wildman–Crippen LogP) is -2.98. The molecule has 0 aromatic heterocycles. The van der Waals surface area contributed by atoms with Crippen LogP contribution < -0.4 is 5.73 Å². The summed E-state index contributed by atoms with van der Waals surface area (Å²) >= 11 is 0. The first-order valence-corrected chi connectivity index (χ1v) is 6.78. The van der Waals surface area contributed by atoms with E-state index in [-0.39, 0.29) is 19.1 Å². The van der Waals surface area contributed by atoms with Crippen LogP contribution in [0.5, 0.6) is 0 Å². The van der Waals surface area contributed by atoms with Gasteiger partial charge in [0.25, 0.3) is 0 Å². The zero-order valence-corrected chi connectivity index (χ0v) is 11.6. The highest BCUT2D eigenvalue weighted by Gasteiger charge is 2.22. The van der Waals surface area contributed by atoms with E-state index in [4.69, 9.17) is 25.8 Å². The highest BCUT2D eigenvalue weighted by molar-refractivity contribution is 6.15. The third-order valence-electron chi connectivity index (χ3n) is 2.13. The van der Waals surface area contributed by atoms with E-state index in [0.29, 0.717) is 19.4 Å². The molecular weight excluding hydrogens is 246 g/mol. The molecule has 0 saturated carbocycles. The summed E-state index contributed by atoms with van der Waals surface area (Å²) in [5, 5.41) is 35.2. The van der Waals surface area contributed by atoms with Crippen molar-refractivity contribution in [2.75, 3.05) is 19.8 Å². The molecule has 2 atom stereocenters. The van der Waals surface area contributed by atoms with Crippen molar-refractivity contribution in [3.05, 3.63) is 0 Å². The lowest BCUT2D eigenvalue weighted by Gasteiger charge is -2.23. The van der Waals surface area contributed by atoms with E-state index in [0.717, 1.165) is 0 Å². The quantitative estimate of drug-likeness (QED) is 0.205. The van der Waals surface area contributed by atoms with Crippen LogP contribution in [0, 0.1) is 5.92 Å². The molecular formula is C9H25NO6Si. The standard InChI is InChI=1S/C7H17NO4.C2H8O2Si/c8-7(12)6(11)5(1-3-9)2-4-10;1-2-4-5-3/h5-7,9-12H,1-4,8H2;3H,2,5H2,1H3. The molecule has 0 aromatic carbocycles.